The zero-order valence-corrected chi connectivity index (χ0v) is 14.1. The van der Waals surface area contributed by atoms with Gasteiger partial charge in [-0.15, -0.1) is 0 Å². The summed E-state index contributed by atoms with van der Waals surface area (Å²) in [4.78, 5) is 12.7. The topological polar surface area (TPSA) is 81.2 Å². The number of hydrogen-bond donors (Lipinski definition) is 2. The first-order valence-electron chi connectivity index (χ1n) is 7.44. The average molecular weight is 354 g/mol. The van der Waals surface area contributed by atoms with Gasteiger partial charge in [-0.2, -0.15) is 0 Å². The van der Waals surface area contributed by atoms with Gasteiger partial charge in [0.05, 0.1) is 10.0 Å². The Morgan fingerprint density at radius 3 is 2.65 bits per heavy atom. The van der Waals surface area contributed by atoms with E-state index in [0.29, 0.717) is 45.1 Å². The molecule has 0 aliphatic heterocycles. The molecule has 2 aromatic rings. The summed E-state index contributed by atoms with van der Waals surface area (Å²) >= 11 is 12.5. The van der Waals surface area contributed by atoms with Crippen LogP contribution < -0.4 is 11.1 Å². The first kappa shape index (κ1) is 16.3. The molecule has 1 amide bonds. The molecule has 0 spiro atoms. The van der Waals surface area contributed by atoms with Crippen LogP contribution in [0.5, 0.6) is 0 Å². The largest absolute Gasteiger partial charge is 0.360 e. The maximum absolute atomic E-state index is 12.7. The highest BCUT2D eigenvalue weighted by molar-refractivity contribution is 6.39. The number of nitrogens with one attached hydrogen (secondary N) is 1. The van der Waals surface area contributed by atoms with Crippen LogP contribution in [-0.4, -0.2) is 23.7 Å². The van der Waals surface area contributed by atoms with E-state index in [0.717, 1.165) is 12.8 Å². The van der Waals surface area contributed by atoms with Crippen LogP contribution in [-0.2, 0) is 0 Å². The van der Waals surface area contributed by atoms with Crippen molar-refractivity contribution < 1.29 is 9.32 Å². The summed E-state index contributed by atoms with van der Waals surface area (Å²) < 4.78 is 5.21. The predicted octanol–water partition coefficient (Wildman–Crippen LogP) is 3.42. The zero-order chi connectivity index (χ0) is 16.6. The lowest BCUT2D eigenvalue weighted by atomic mass is 10.0. The van der Waals surface area contributed by atoms with Crippen molar-refractivity contribution in [3.63, 3.8) is 0 Å². The summed E-state index contributed by atoms with van der Waals surface area (Å²) in [5.74, 6) is 0.605. The van der Waals surface area contributed by atoms with E-state index in [4.69, 9.17) is 33.5 Å². The van der Waals surface area contributed by atoms with Crippen LogP contribution >= 0.6 is 23.2 Å². The van der Waals surface area contributed by atoms with E-state index in [1.54, 1.807) is 25.1 Å². The first-order chi connectivity index (χ1) is 11.0. The maximum atomic E-state index is 12.7. The second-order valence-electron chi connectivity index (χ2n) is 5.71. The van der Waals surface area contributed by atoms with Crippen molar-refractivity contribution in [2.75, 3.05) is 6.54 Å². The fourth-order valence-electron chi connectivity index (χ4n) is 2.64. The predicted molar refractivity (Wildman–Crippen MR) is 89.7 cm³/mol. The first-order valence-corrected chi connectivity index (χ1v) is 8.20. The van der Waals surface area contributed by atoms with Crippen LogP contribution in [0.4, 0.5) is 0 Å². The van der Waals surface area contributed by atoms with Crippen LogP contribution in [0.2, 0.25) is 10.0 Å². The Balaban J connectivity index is 1.97. The van der Waals surface area contributed by atoms with Gasteiger partial charge in [-0.3, -0.25) is 4.79 Å². The average Bonchev–Trinajstić information content (AvgIpc) is 3.28. The standard InChI is InChI=1S/C16H17Cl2N3O2/c1-8-13(16(22)20-12(7-19)9-5-6-9)15(21-23-8)14-10(17)3-2-4-11(14)18/h2-4,9,12H,5-7,19H2,1H3,(H,20,22). The molecule has 1 saturated carbocycles. The molecular formula is C16H17Cl2N3O2. The summed E-state index contributed by atoms with van der Waals surface area (Å²) in [5, 5.41) is 7.79. The third-order valence-electron chi connectivity index (χ3n) is 4.05. The molecule has 1 aromatic carbocycles. The number of rotatable bonds is 5. The van der Waals surface area contributed by atoms with Crippen LogP contribution in [0.3, 0.4) is 0 Å². The summed E-state index contributed by atoms with van der Waals surface area (Å²) in [6.07, 6.45) is 2.18. The van der Waals surface area contributed by atoms with Crippen molar-refractivity contribution in [3.8, 4) is 11.3 Å². The van der Waals surface area contributed by atoms with Gasteiger partial charge in [0.2, 0.25) is 0 Å². The third-order valence-corrected chi connectivity index (χ3v) is 4.68. The number of aromatic nitrogens is 1. The summed E-state index contributed by atoms with van der Waals surface area (Å²) in [5.41, 5.74) is 6.94. The van der Waals surface area contributed by atoms with E-state index >= 15 is 0 Å². The summed E-state index contributed by atoms with van der Waals surface area (Å²) in [7, 11) is 0. The van der Waals surface area contributed by atoms with Crippen molar-refractivity contribution in [2.24, 2.45) is 11.7 Å². The number of nitrogens with zero attached hydrogens (tertiary/aromatic N) is 1. The number of amides is 1. The normalized spacial score (nSPS) is 15.5. The highest BCUT2D eigenvalue weighted by atomic mass is 35.5. The minimum atomic E-state index is -0.267. The number of benzene rings is 1. The van der Waals surface area contributed by atoms with E-state index in [-0.39, 0.29) is 11.9 Å². The number of carbonyl (C=O) groups is 1. The van der Waals surface area contributed by atoms with E-state index in [1.807, 2.05) is 0 Å². The number of halogens is 2. The highest BCUT2D eigenvalue weighted by Crippen LogP contribution is 2.37. The summed E-state index contributed by atoms with van der Waals surface area (Å²) in [6.45, 7) is 2.09. The molecule has 1 aliphatic rings. The van der Waals surface area contributed by atoms with Gasteiger partial charge in [0.25, 0.3) is 5.91 Å². The Bertz CT molecular complexity index is 721. The minimum absolute atomic E-state index is 0.0358. The van der Waals surface area contributed by atoms with Gasteiger partial charge >= 0.3 is 0 Å². The Hall–Kier alpha value is -1.56. The van der Waals surface area contributed by atoms with Crippen LogP contribution in [0, 0.1) is 12.8 Å². The Morgan fingerprint density at radius 1 is 1.43 bits per heavy atom. The van der Waals surface area contributed by atoms with Gasteiger partial charge in [0.1, 0.15) is 17.0 Å². The SMILES string of the molecule is Cc1onc(-c2c(Cl)cccc2Cl)c1C(=O)NC(CN)C1CC1. The lowest BCUT2D eigenvalue weighted by molar-refractivity contribution is 0.0932. The second kappa shape index (κ2) is 6.51. The molecule has 1 aromatic heterocycles. The van der Waals surface area contributed by atoms with Gasteiger partial charge < -0.3 is 15.6 Å². The van der Waals surface area contributed by atoms with Crippen LogP contribution in [0.1, 0.15) is 29.0 Å². The minimum Gasteiger partial charge on any atom is -0.360 e. The van der Waals surface area contributed by atoms with Crippen LogP contribution in [0.25, 0.3) is 11.3 Å². The Labute approximate surface area is 144 Å². The molecule has 1 unspecified atom stereocenters. The van der Waals surface area contributed by atoms with Crippen molar-refractivity contribution in [3.05, 3.63) is 39.6 Å². The van der Waals surface area contributed by atoms with Crippen molar-refractivity contribution in [2.45, 2.75) is 25.8 Å². The molecule has 1 fully saturated rings. The number of nitrogens with two attached hydrogens (primary N) is 1. The van der Waals surface area contributed by atoms with Gasteiger partial charge in [-0.25, -0.2) is 0 Å². The van der Waals surface area contributed by atoms with Crippen molar-refractivity contribution in [1.82, 2.24) is 10.5 Å². The Kier molecular flexibility index (Phi) is 4.62. The molecule has 122 valence electrons. The molecular weight excluding hydrogens is 337 g/mol. The van der Waals surface area contributed by atoms with E-state index < -0.39 is 0 Å². The molecule has 3 rings (SSSR count). The lowest BCUT2D eigenvalue weighted by Gasteiger charge is -2.16. The number of carbonyl (C=O) groups excluding carboxylic acids is 1. The van der Waals surface area contributed by atoms with Gasteiger partial charge in [-0.1, -0.05) is 34.4 Å². The third kappa shape index (κ3) is 3.22. The van der Waals surface area contributed by atoms with E-state index in [1.165, 1.54) is 0 Å². The Morgan fingerprint density at radius 2 is 2.09 bits per heavy atom. The lowest BCUT2D eigenvalue weighted by Crippen LogP contribution is -2.42. The smallest absolute Gasteiger partial charge is 0.257 e. The van der Waals surface area contributed by atoms with Crippen LogP contribution in [0.15, 0.2) is 22.7 Å². The van der Waals surface area contributed by atoms with Gasteiger partial charge in [-0.05, 0) is 37.8 Å². The van der Waals surface area contributed by atoms with E-state index in [2.05, 4.69) is 10.5 Å². The number of aryl methyl sites for hydroxylation is 1. The molecule has 0 bridgehead atoms. The van der Waals surface area contributed by atoms with Crippen molar-refractivity contribution >= 4 is 29.1 Å². The molecule has 1 heterocycles. The molecule has 3 N–H and O–H groups in total. The van der Waals surface area contributed by atoms with Crippen molar-refractivity contribution in [1.29, 1.82) is 0 Å². The molecule has 1 aliphatic carbocycles. The quantitative estimate of drug-likeness (QED) is 0.862. The van der Waals surface area contributed by atoms with E-state index in [9.17, 15) is 4.79 Å². The highest BCUT2D eigenvalue weighted by Gasteiger charge is 2.33. The fraction of sp³-hybridized carbons (Fsp3) is 0.375. The summed E-state index contributed by atoms with van der Waals surface area (Å²) in [6, 6.07) is 5.09. The van der Waals surface area contributed by atoms with Gasteiger partial charge in [0, 0.05) is 18.2 Å². The molecule has 5 nitrogen and oxygen atoms in total. The second-order valence-corrected chi connectivity index (χ2v) is 6.53. The monoisotopic (exact) mass is 353 g/mol. The molecule has 7 heteroatoms. The number of hydrogen-bond acceptors (Lipinski definition) is 4. The molecule has 0 saturated heterocycles. The van der Waals surface area contributed by atoms with Gasteiger partial charge in [0.15, 0.2) is 0 Å². The molecule has 0 radical (unpaired) electrons. The zero-order valence-electron chi connectivity index (χ0n) is 12.6. The molecule has 23 heavy (non-hydrogen) atoms. The maximum Gasteiger partial charge on any atom is 0.257 e. The molecule has 1 atom stereocenters. The fourth-order valence-corrected chi connectivity index (χ4v) is 3.22.